The van der Waals surface area contributed by atoms with E-state index in [-0.39, 0.29) is 0 Å². The molecule has 1 heterocycles. The quantitative estimate of drug-likeness (QED) is 0.903. The lowest BCUT2D eigenvalue weighted by atomic mass is 9.67. The number of aryl methyl sites for hydroxylation is 1. The summed E-state index contributed by atoms with van der Waals surface area (Å²) in [5.74, 6) is 1.59. The summed E-state index contributed by atoms with van der Waals surface area (Å²) >= 11 is 1.83. The van der Waals surface area contributed by atoms with E-state index in [1.165, 1.54) is 30.0 Å². The molecule has 1 aromatic heterocycles. The molecule has 3 unspecified atom stereocenters. The van der Waals surface area contributed by atoms with Crippen LogP contribution in [0.3, 0.4) is 0 Å². The molecular formula is C16H28N2S. The first-order chi connectivity index (χ1) is 8.90. The van der Waals surface area contributed by atoms with E-state index in [0.717, 1.165) is 18.3 Å². The maximum absolute atomic E-state index is 4.65. The molecule has 0 aromatic carbocycles. The van der Waals surface area contributed by atoms with E-state index < -0.39 is 0 Å². The molecule has 19 heavy (non-hydrogen) atoms. The average molecular weight is 280 g/mol. The Hall–Kier alpha value is -0.410. The first-order valence-corrected chi connectivity index (χ1v) is 8.36. The lowest BCUT2D eigenvalue weighted by Crippen LogP contribution is -2.42. The third kappa shape index (κ3) is 3.79. The minimum absolute atomic E-state index is 0.440. The van der Waals surface area contributed by atoms with Crippen LogP contribution in [0.15, 0.2) is 5.38 Å². The van der Waals surface area contributed by atoms with Gasteiger partial charge in [-0.3, -0.25) is 0 Å². The van der Waals surface area contributed by atoms with Gasteiger partial charge in [-0.25, -0.2) is 4.98 Å². The molecule has 0 radical (unpaired) electrons. The number of hydrogen-bond donors (Lipinski definition) is 1. The molecule has 1 saturated carbocycles. The highest BCUT2D eigenvalue weighted by molar-refractivity contribution is 7.09. The number of nitrogens with one attached hydrogen (secondary N) is 1. The molecule has 108 valence electrons. The minimum atomic E-state index is 0.440. The van der Waals surface area contributed by atoms with Crippen molar-refractivity contribution in [3.63, 3.8) is 0 Å². The van der Waals surface area contributed by atoms with Crippen molar-refractivity contribution in [2.75, 3.05) is 7.05 Å². The molecule has 1 N–H and O–H groups in total. The Morgan fingerprint density at radius 2 is 2.11 bits per heavy atom. The molecule has 0 bridgehead atoms. The summed E-state index contributed by atoms with van der Waals surface area (Å²) in [6.45, 7) is 9.26. The Morgan fingerprint density at radius 1 is 1.37 bits per heavy atom. The second-order valence-electron chi connectivity index (χ2n) is 7.12. The Labute approximate surface area is 122 Å². The maximum atomic E-state index is 4.65. The first kappa shape index (κ1) is 15.0. The molecule has 0 amide bonds. The van der Waals surface area contributed by atoms with E-state index in [1.54, 1.807) is 0 Å². The summed E-state index contributed by atoms with van der Waals surface area (Å²) in [6.07, 6.45) is 5.17. The van der Waals surface area contributed by atoms with Gasteiger partial charge in [0.05, 0.1) is 5.01 Å². The van der Waals surface area contributed by atoms with Crippen LogP contribution in [0, 0.1) is 24.2 Å². The molecule has 0 saturated heterocycles. The van der Waals surface area contributed by atoms with E-state index in [0.29, 0.717) is 11.5 Å². The van der Waals surface area contributed by atoms with Gasteiger partial charge in [0.2, 0.25) is 0 Å². The van der Waals surface area contributed by atoms with Crippen LogP contribution in [0.2, 0.25) is 0 Å². The molecule has 1 aromatic rings. The highest BCUT2D eigenvalue weighted by Crippen LogP contribution is 2.41. The van der Waals surface area contributed by atoms with Crippen LogP contribution < -0.4 is 5.32 Å². The molecule has 0 spiro atoms. The van der Waals surface area contributed by atoms with E-state index in [4.69, 9.17) is 0 Å². The summed E-state index contributed by atoms with van der Waals surface area (Å²) in [7, 11) is 2.11. The van der Waals surface area contributed by atoms with Crippen LogP contribution in [0.1, 0.15) is 50.7 Å². The largest absolute Gasteiger partial charge is 0.317 e. The van der Waals surface area contributed by atoms with E-state index in [9.17, 15) is 0 Å². The number of nitrogens with zero attached hydrogens (tertiary/aromatic N) is 1. The standard InChI is InChI=1S/C16H28N2S/c1-11-10-19-15(18-11)9-12-8-13(16(2,3)4)6-7-14(12)17-5/h10,12-14,17H,6-9H2,1-5H3. The van der Waals surface area contributed by atoms with Gasteiger partial charge in [-0.1, -0.05) is 20.8 Å². The molecule has 2 nitrogen and oxygen atoms in total. The third-order valence-electron chi connectivity index (χ3n) is 4.68. The van der Waals surface area contributed by atoms with Crippen LogP contribution in [-0.4, -0.2) is 18.1 Å². The average Bonchev–Trinajstić information content (AvgIpc) is 2.73. The monoisotopic (exact) mass is 280 g/mol. The molecule has 3 heteroatoms. The van der Waals surface area contributed by atoms with Crippen LogP contribution in [-0.2, 0) is 6.42 Å². The van der Waals surface area contributed by atoms with Gasteiger partial charge in [-0.15, -0.1) is 11.3 Å². The van der Waals surface area contributed by atoms with Gasteiger partial charge in [0.15, 0.2) is 0 Å². The normalized spacial score (nSPS) is 28.6. The van der Waals surface area contributed by atoms with Crippen LogP contribution in [0.4, 0.5) is 0 Å². The number of thiazole rings is 1. The van der Waals surface area contributed by atoms with Gasteiger partial charge >= 0.3 is 0 Å². The molecule has 1 fully saturated rings. The smallest absolute Gasteiger partial charge is 0.0931 e. The van der Waals surface area contributed by atoms with E-state index >= 15 is 0 Å². The van der Waals surface area contributed by atoms with E-state index in [1.807, 2.05) is 11.3 Å². The van der Waals surface area contributed by atoms with Gasteiger partial charge in [0.1, 0.15) is 0 Å². The van der Waals surface area contributed by atoms with Crippen molar-refractivity contribution in [1.29, 1.82) is 0 Å². The number of aromatic nitrogens is 1. The topological polar surface area (TPSA) is 24.9 Å². The van der Waals surface area contributed by atoms with Crippen molar-refractivity contribution < 1.29 is 0 Å². The van der Waals surface area contributed by atoms with Gasteiger partial charge in [-0.2, -0.15) is 0 Å². The number of hydrogen-bond acceptors (Lipinski definition) is 3. The molecule has 0 aliphatic heterocycles. The highest BCUT2D eigenvalue weighted by atomic mass is 32.1. The van der Waals surface area contributed by atoms with Crippen molar-refractivity contribution in [2.45, 2.75) is 59.4 Å². The third-order valence-corrected chi connectivity index (χ3v) is 5.67. The summed E-state index contributed by atoms with van der Waals surface area (Å²) in [5, 5.41) is 7.02. The fourth-order valence-electron chi connectivity index (χ4n) is 3.38. The summed E-state index contributed by atoms with van der Waals surface area (Å²) in [4.78, 5) is 4.65. The SMILES string of the molecule is CNC1CCC(C(C)(C)C)CC1Cc1nc(C)cs1. The fourth-order valence-corrected chi connectivity index (χ4v) is 4.24. The zero-order chi connectivity index (χ0) is 14.0. The molecular weight excluding hydrogens is 252 g/mol. The van der Waals surface area contributed by atoms with Crippen molar-refractivity contribution in [3.8, 4) is 0 Å². The van der Waals surface area contributed by atoms with Crippen molar-refractivity contribution in [1.82, 2.24) is 10.3 Å². The fraction of sp³-hybridized carbons (Fsp3) is 0.812. The van der Waals surface area contributed by atoms with Gasteiger partial charge in [0, 0.05) is 23.5 Å². The van der Waals surface area contributed by atoms with Crippen molar-refractivity contribution >= 4 is 11.3 Å². The second kappa shape index (κ2) is 5.92. The number of rotatable bonds is 3. The summed E-state index contributed by atoms with van der Waals surface area (Å²) in [6, 6.07) is 0.669. The lowest BCUT2D eigenvalue weighted by molar-refractivity contribution is 0.116. The van der Waals surface area contributed by atoms with Crippen molar-refractivity contribution in [3.05, 3.63) is 16.1 Å². The van der Waals surface area contributed by atoms with Gasteiger partial charge in [-0.05, 0) is 50.5 Å². The molecule has 1 aliphatic carbocycles. The minimum Gasteiger partial charge on any atom is -0.317 e. The first-order valence-electron chi connectivity index (χ1n) is 7.48. The van der Waals surface area contributed by atoms with Crippen LogP contribution >= 0.6 is 11.3 Å². The Morgan fingerprint density at radius 3 is 2.63 bits per heavy atom. The van der Waals surface area contributed by atoms with Gasteiger partial charge in [0.25, 0.3) is 0 Å². The van der Waals surface area contributed by atoms with E-state index in [2.05, 4.69) is 50.4 Å². The predicted octanol–water partition coefficient (Wildman–Crippen LogP) is 4.04. The zero-order valence-corrected chi connectivity index (χ0v) is 13.8. The maximum Gasteiger partial charge on any atom is 0.0931 e. The molecule has 1 aliphatic rings. The second-order valence-corrected chi connectivity index (χ2v) is 8.06. The highest BCUT2D eigenvalue weighted by Gasteiger charge is 2.35. The molecule has 3 atom stereocenters. The lowest BCUT2D eigenvalue weighted by Gasteiger charge is -2.41. The Bertz CT molecular complexity index is 405. The summed E-state index contributed by atoms with van der Waals surface area (Å²) in [5.41, 5.74) is 1.61. The van der Waals surface area contributed by atoms with Crippen LogP contribution in [0.5, 0.6) is 0 Å². The van der Waals surface area contributed by atoms with Crippen LogP contribution in [0.25, 0.3) is 0 Å². The van der Waals surface area contributed by atoms with Gasteiger partial charge < -0.3 is 5.32 Å². The predicted molar refractivity (Wildman–Crippen MR) is 83.7 cm³/mol. The Kier molecular flexibility index (Phi) is 4.67. The van der Waals surface area contributed by atoms with Crippen molar-refractivity contribution in [2.24, 2.45) is 17.3 Å². The molecule has 2 rings (SSSR count). The summed E-state index contributed by atoms with van der Waals surface area (Å²) < 4.78 is 0. The Balaban J connectivity index is 2.05. The zero-order valence-electron chi connectivity index (χ0n) is 13.0.